The Bertz CT molecular complexity index is 522. The smallest absolute Gasteiger partial charge is 0.410 e. The van der Waals surface area contributed by atoms with Crippen LogP contribution >= 0.6 is 0 Å². The van der Waals surface area contributed by atoms with Gasteiger partial charge in [0, 0.05) is 25.6 Å². The van der Waals surface area contributed by atoms with E-state index in [2.05, 4.69) is 11.2 Å². The molecule has 1 amide bonds. The molecule has 2 fully saturated rings. The van der Waals surface area contributed by atoms with Gasteiger partial charge in [0.1, 0.15) is 11.6 Å². The van der Waals surface area contributed by atoms with E-state index in [9.17, 15) is 9.59 Å². The first-order valence-electron chi connectivity index (χ1n) is 11.0. The molecule has 0 aromatic carbocycles. The van der Waals surface area contributed by atoms with Crippen LogP contribution in [0.4, 0.5) is 4.79 Å². The molecule has 0 aliphatic heterocycles. The minimum absolute atomic E-state index is 0.0505. The summed E-state index contributed by atoms with van der Waals surface area (Å²) in [6, 6.07) is 0.688. The third-order valence-electron chi connectivity index (χ3n) is 5.43. The molecule has 0 spiro atoms. The Morgan fingerprint density at radius 1 is 1.07 bits per heavy atom. The van der Waals surface area contributed by atoms with Crippen molar-refractivity contribution in [2.45, 2.75) is 115 Å². The van der Waals surface area contributed by atoms with E-state index >= 15 is 0 Å². The quantitative estimate of drug-likeness (QED) is 0.652. The van der Waals surface area contributed by atoms with Gasteiger partial charge in [-0.3, -0.25) is 4.90 Å². The lowest BCUT2D eigenvalue weighted by molar-refractivity contribution is -0.142. The van der Waals surface area contributed by atoms with Crippen LogP contribution in [0.1, 0.15) is 91.4 Å². The molecule has 2 aliphatic rings. The SMILES string of the molecule is C#CC[C@H](C(=O)O)N(C)C(=O)OC(C)(C)C.C1CCC(NC2CCCCC2)CC1. The number of carboxylic acid groups (broad SMARTS) is 1. The molecule has 0 heterocycles. The third-order valence-corrected chi connectivity index (χ3v) is 5.43. The van der Waals surface area contributed by atoms with E-state index in [0.717, 1.165) is 17.0 Å². The summed E-state index contributed by atoms with van der Waals surface area (Å²) in [7, 11) is 1.35. The van der Waals surface area contributed by atoms with Crippen LogP contribution in [0.25, 0.3) is 0 Å². The van der Waals surface area contributed by atoms with Crippen LogP contribution in [0.2, 0.25) is 0 Å². The number of terminal acetylenes is 1. The standard InChI is InChI=1S/C12H23N.C11H17NO4/c1-3-7-11(8-4-1)13-12-9-5-2-6-10-12;1-6-7-8(9(13)14)12(5)10(15)16-11(2,3)4/h11-13H,1-10H2;1,8H,7H2,2-5H3,(H,13,14)/t;8-/m.1/s1. The van der Waals surface area contributed by atoms with Crippen molar-refractivity contribution in [3.8, 4) is 12.3 Å². The fourth-order valence-corrected chi connectivity index (χ4v) is 3.83. The average Bonchev–Trinajstić information content (AvgIpc) is 2.66. The first-order chi connectivity index (χ1) is 13.6. The number of rotatable bonds is 5. The van der Waals surface area contributed by atoms with Crippen molar-refractivity contribution in [1.29, 1.82) is 0 Å². The normalized spacial score (nSPS) is 19.3. The van der Waals surface area contributed by atoms with Crippen molar-refractivity contribution in [2.24, 2.45) is 0 Å². The molecule has 6 heteroatoms. The Kier molecular flexibility index (Phi) is 11.1. The lowest BCUT2D eigenvalue weighted by Gasteiger charge is -2.30. The Morgan fingerprint density at radius 3 is 1.86 bits per heavy atom. The van der Waals surface area contributed by atoms with E-state index < -0.39 is 23.7 Å². The first kappa shape index (κ1) is 25.3. The summed E-state index contributed by atoms with van der Waals surface area (Å²) in [6.07, 6.45) is 18.9. The minimum atomic E-state index is -1.15. The van der Waals surface area contributed by atoms with E-state index in [-0.39, 0.29) is 6.42 Å². The highest BCUT2D eigenvalue weighted by atomic mass is 16.6. The molecular formula is C23H40N2O4. The fourth-order valence-electron chi connectivity index (χ4n) is 3.83. The van der Waals surface area contributed by atoms with Gasteiger partial charge in [0.25, 0.3) is 0 Å². The molecule has 2 N–H and O–H groups in total. The monoisotopic (exact) mass is 408 g/mol. The van der Waals surface area contributed by atoms with Crippen LogP contribution in [0.5, 0.6) is 0 Å². The Balaban J connectivity index is 0.000000294. The van der Waals surface area contributed by atoms with Gasteiger partial charge in [-0.25, -0.2) is 9.59 Å². The van der Waals surface area contributed by atoms with E-state index in [0.29, 0.717) is 0 Å². The van der Waals surface area contributed by atoms with Gasteiger partial charge in [-0.05, 0) is 46.5 Å². The van der Waals surface area contributed by atoms with Crippen LogP contribution in [0, 0.1) is 12.3 Å². The van der Waals surface area contributed by atoms with Crippen LogP contribution in [-0.2, 0) is 9.53 Å². The second-order valence-electron chi connectivity index (χ2n) is 9.19. The number of nitrogens with zero attached hydrogens (tertiary/aromatic N) is 1. The second kappa shape index (κ2) is 12.7. The maximum Gasteiger partial charge on any atom is 0.410 e. The highest BCUT2D eigenvalue weighted by molar-refractivity contribution is 5.80. The summed E-state index contributed by atoms with van der Waals surface area (Å²) in [6.45, 7) is 5.11. The first-order valence-corrected chi connectivity index (χ1v) is 11.0. The van der Waals surface area contributed by atoms with Crippen molar-refractivity contribution in [3.63, 3.8) is 0 Å². The highest BCUT2D eigenvalue weighted by Crippen LogP contribution is 2.22. The molecule has 29 heavy (non-hydrogen) atoms. The van der Waals surface area contributed by atoms with Gasteiger partial charge in [-0.2, -0.15) is 0 Å². The number of carbonyl (C=O) groups excluding carboxylic acids is 1. The molecule has 2 saturated carbocycles. The zero-order valence-electron chi connectivity index (χ0n) is 18.7. The fraction of sp³-hybridized carbons (Fsp3) is 0.826. The zero-order chi connectivity index (χ0) is 21.9. The Morgan fingerprint density at radius 2 is 1.52 bits per heavy atom. The number of carbonyl (C=O) groups is 2. The number of carboxylic acids is 1. The van der Waals surface area contributed by atoms with Crippen molar-refractivity contribution < 1.29 is 19.4 Å². The molecule has 0 bridgehead atoms. The number of likely N-dealkylation sites (N-methyl/N-ethyl adjacent to an activating group) is 1. The van der Waals surface area contributed by atoms with Crippen LogP contribution in [-0.4, -0.2) is 52.8 Å². The van der Waals surface area contributed by atoms with E-state index in [1.807, 2.05) is 0 Å². The highest BCUT2D eigenvalue weighted by Gasteiger charge is 2.29. The van der Waals surface area contributed by atoms with Gasteiger partial charge in [0.2, 0.25) is 0 Å². The van der Waals surface area contributed by atoms with Gasteiger partial charge in [0.15, 0.2) is 0 Å². The predicted octanol–water partition coefficient (Wildman–Crippen LogP) is 4.57. The third kappa shape index (κ3) is 10.6. The largest absolute Gasteiger partial charge is 0.480 e. The Labute approximate surface area is 176 Å². The van der Waals surface area contributed by atoms with Crippen molar-refractivity contribution in [2.75, 3.05) is 7.05 Å². The van der Waals surface area contributed by atoms with E-state index in [1.54, 1.807) is 20.8 Å². The lowest BCUT2D eigenvalue weighted by atomic mass is 9.91. The predicted molar refractivity (Wildman–Crippen MR) is 116 cm³/mol. The minimum Gasteiger partial charge on any atom is -0.480 e. The molecule has 2 aliphatic carbocycles. The lowest BCUT2D eigenvalue weighted by Crippen LogP contribution is -2.44. The van der Waals surface area contributed by atoms with Gasteiger partial charge in [-0.1, -0.05) is 38.5 Å². The van der Waals surface area contributed by atoms with Gasteiger partial charge in [-0.15, -0.1) is 12.3 Å². The van der Waals surface area contributed by atoms with Crippen LogP contribution in [0.3, 0.4) is 0 Å². The van der Waals surface area contributed by atoms with Crippen molar-refractivity contribution in [3.05, 3.63) is 0 Å². The molecule has 0 aromatic rings. The molecular weight excluding hydrogens is 368 g/mol. The van der Waals surface area contributed by atoms with Gasteiger partial charge >= 0.3 is 12.1 Å². The number of nitrogens with one attached hydrogen (secondary N) is 1. The number of amides is 1. The molecule has 0 saturated heterocycles. The summed E-state index contributed by atoms with van der Waals surface area (Å²) >= 11 is 0. The Hall–Kier alpha value is -1.74. The summed E-state index contributed by atoms with van der Waals surface area (Å²) in [5.74, 6) is 1.07. The summed E-state index contributed by atoms with van der Waals surface area (Å²) in [5, 5.41) is 12.7. The molecule has 0 unspecified atom stereocenters. The van der Waals surface area contributed by atoms with E-state index in [4.69, 9.17) is 16.3 Å². The average molecular weight is 409 g/mol. The molecule has 2 rings (SSSR count). The summed E-state index contributed by atoms with van der Waals surface area (Å²) < 4.78 is 5.03. The summed E-state index contributed by atoms with van der Waals surface area (Å²) in [4.78, 5) is 23.4. The van der Waals surface area contributed by atoms with Gasteiger partial charge in [0.05, 0.1) is 0 Å². The number of hydrogen-bond donors (Lipinski definition) is 2. The molecule has 0 radical (unpaired) electrons. The topological polar surface area (TPSA) is 78.9 Å². The van der Waals surface area contributed by atoms with E-state index in [1.165, 1.54) is 71.3 Å². The maximum atomic E-state index is 11.6. The summed E-state index contributed by atoms with van der Waals surface area (Å²) in [5.41, 5.74) is -0.662. The molecule has 1 atom stereocenters. The number of ether oxygens (including phenoxy) is 1. The second-order valence-corrected chi connectivity index (χ2v) is 9.19. The molecule has 0 aromatic heterocycles. The van der Waals surface area contributed by atoms with Crippen molar-refractivity contribution >= 4 is 12.1 Å². The molecule has 166 valence electrons. The van der Waals surface area contributed by atoms with Crippen molar-refractivity contribution in [1.82, 2.24) is 10.2 Å². The maximum absolute atomic E-state index is 11.6. The number of hydrogen-bond acceptors (Lipinski definition) is 4. The van der Waals surface area contributed by atoms with Crippen LogP contribution in [0.15, 0.2) is 0 Å². The van der Waals surface area contributed by atoms with Crippen LogP contribution < -0.4 is 5.32 Å². The zero-order valence-corrected chi connectivity index (χ0v) is 18.7. The van der Waals surface area contributed by atoms with Gasteiger partial charge < -0.3 is 15.2 Å². The molecule has 6 nitrogen and oxygen atoms in total. The number of aliphatic carboxylic acids is 1.